The van der Waals surface area contributed by atoms with Crippen LogP contribution in [0.4, 0.5) is 4.39 Å². The number of ether oxygens (including phenoxy) is 1. The molecule has 0 aliphatic rings. The zero-order valence-electron chi connectivity index (χ0n) is 10.3. The van der Waals surface area contributed by atoms with E-state index in [1.54, 1.807) is 12.1 Å². The Morgan fingerprint density at radius 1 is 1.29 bits per heavy atom. The SMILES string of the molecule is CC(C)COCCn1ccc2ccc(F)cc21. The molecule has 2 aromatic rings. The van der Waals surface area contributed by atoms with Crippen LogP contribution >= 0.6 is 0 Å². The molecule has 0 amide bonds. The summed E-state index contributed by atoms with van der Waals surface area (Å²) in [6, 6.07) is 6.85. The molecule has 0 aliphatic heterocycles. The minimum absolute atomic E-state index is 0.194. The smallest absolute Gasteiger partial charge is 0.125 e. The highest BCUT2D eigenvalue weighted by Gasteiger charge is 2.02. The Hall–Kier alpha value is -1.35. The summed E-state index contributed by atoms with van der Waals surface area (Å²) in [4.78, 5) is 0. The summed E-state index contributed by atoms with van der Waals surface area (Å²) in [5, 5.41) is 1.07. The monoisotopic (exact) mass is 235 g/mol. The molecule has 0 bridgehead atoms. The predicted octanol–water partition coefficient (Wildman–Crippen LogP) is 3.45. The van der Waals surface area contributed by atoms with Crippen molar-refractivity contribution in [3.05, 3.63) is 36.3 Å². The molecule has 0 N–H and O–H groups in total. The summed E-state index contributed by atoms with van der Waals surface area (Å²) in [6.45, 7) is 6.45. The lowest BCUT2D eigenvalue weighted by Crippen LogP contribution is -2.08. The Morgan fingerprint density at radius 2 is 2.12 bits per heavy atom. The summed E-state index contributed by atoms with van der Waals surface area (Å²) in [5.74, 6) is 0.356. The lowest BCUT2D eigenvalue weighted by Gasteiger charge is -2.08. The fourth-order valence-electron chi connectivity index (χ4n) is 1.83. The number of nitrogens with zero attached hydrogens (tertiary/aromatic N) is 1. The largest absolute Gasteiger partial charge is 0.379 e. The third-order valence-corrected chi connectivity index (χ3v) is 2.66. The molecule has 17 heavy (non-hydrogen) atoms. The van der Waals surface area contributed by atoms with Gasteiger partial charge < -0.3 is 9.30 Å². The predicted molar refractivity (Wildman–Crippen MR) is 67.6 cm³/mol. The average molecular weight is 235 g/mol. The van der Waals surface area contributed by atoms with Gasteiger partial charge in [-0.15, -0.1) is 0 Å². The molecule has 0 radical (unpaired) electrons. The van der Waals surface area contributed by atoms with Crippen LogP contribution in [0.15, 0.2) is 30.5 Å². The van der Waals surface area contributed by atoms with Crippen LogP contribution < -0.4 is 0 Å². The molecular formula is C14H18FNO. The molecule has 1 aromatic heterocycles. The molecular weight excluding hydrogens is 217 g/mol. The molecule has 1 aromatic carbocycles. The molecule has 3 heteroatoms. The molecule has 0 saturated heterocycles. The van der Waals surface area contributed by atoms with Crippen molar-refractivity contribution in [3.63, 3.8) is 0 Å². The van der Waals surface area contributed by atoms with E-state index in [4.69, 9.17) is 4.74 Å². The Labute approximate surface area is 101 Å². The molecule has 2 rings (SSSR count). The van der Waals surface area contributed by atoms with Gasteiger partial charge in [-0.2, -0.15) is 0 Å². The van der Waals surface area contributed by atoms with Crippen molar-refractivity contribution >= 4 is 10.9 Å². The number of fused-ring (bicyclic) bond motifs is 1. The minimum atomic E-state index is -0.194. The number of aromatic nitrogens is 1. The number of benzene rings is 1. The number of hydrogen-bond acceptors (Lipinski definition) is 1. The highest BCUT2D eigenvalue weighted by molar-refractivity contribution is 5.80. The van der Waals surface area contributed by atoms with Gasteiger partial charge in [0, 0.05) is 19.3 Å². The third-order valence-electron chi connectivity index (χ3n) is 2.66. The molecule has 0 spiro atoms. The zero-order valence-corrected chi connectivity index (χ0v) is 10.3. The Balaban J connectivity index is 2.01. The maximum Gasteiger partial charge on any atom is 0.125 e. The quantitative estimate of drug-likeness (QED) is 0.724. The Morgan fingerprint density at radius 3 is 2.88 bits per heavy atom. The minimum Gasteiger partial charge on any atom is -0.379 e. The van der Waals surface area contributed by atoms with Gasteiger partial charge in [-0.1, -0.05) is 13.8 Å². The third kappa shape index (κ3) is 3.07. The standard InChI is InChI=1S/C14H18FNO/c1-11(2)10-17-8-7-16-6-5-12-3-4-13(15)9-14(12)16/h3-6,9,11H,7-8,10H2,1-2H3. The molecule has 92 valence electrons. The van der Waals surface area contributed by atoms with Crippen LogP contribution in [0.3, 0.4) is 0 Å². The molecule has 1 heterocycles. The first-order valence-corrected chi connectivity index (χ1v) is 5.99. The van der Waals surface area contributed by atoms with Crippen molar-refractivity contribution in [1.29, 1.82) is 0 Å². The van der Waals surface area contributed by atoms with E-state index in [1.807, 2.05) is 16.8 Å². The van der Waals surface area contributed by atoms with Gasteiger partial charge in [0.1, 0.15) is 5.82 Å². The summed E-state index contributed by atoms with van der Waals surface area (Å²) in [5.41, 5.74) is 0.929. The Bertz CT molecular complexity index is 490. The van der Waals surface area contributed by atoms with Crippen LogP contribution in [-0.4, -0.2) is 17.8 Å². The van der Waals surface area contributed by atoms with E-state index in [-0.39, 0.29) is 5.82 Å². The molecule has 0 aliphatic carbocycles. The van der Waals surface area contributed by atoms with Gasteiger partial charge in [0.15, 0.2) is 0 Å². The zero-order chi connectivity index (χ0) is 12.3. The van der Waals surface area contributed by atoms with E-state index >= 15 is 0 Å². The molecule has 0 saturated carbocycles. The van der Waals surface area contributed by atoms with E-state index < -0.39 is 0 Å². The lowest BCUT2D eigenvalue weighted by atomic mass is 10.2. The van der Waals surface area contributed by atoms with Gasteiger partial charge in [-0.05, 0) is 35.6 Å². The van der Waals surface area contributed by atoms with Crippen molar-refractivity contribution in [1.82, 2.24) is 4.57 Å². The van der Waals surface area contributed by atoms with Crippen LogP contribution in [-0.2, 0) is 11.3 Å². The van der Waals surface area contributed by atoms with Crippen LogP contribution in [0.2, 0.25) is 0 Å². The Kier molecular flexibility index (Phi) is 3.79. The normalized spacial score (nSPS) is 11.5. The van der Waals surface area contributed by atoms with Gasteiger partial charge in [0.25, 0.3) is 0 Å². The number of halogens is 1. The molecule has 0 unspecified atom stereocenters. The van der Waals surface area contributed by atoms with E-state index in [0.717, 1.165) is 24.1 Å². The van der Waals surface area contributed by atoms with Crippen LogP contribution in [0, 0.1) is 11.7 Å². The van der Waals surface area contributed by atoms with Gasteiger partial charge in [0.2, 0.25) is 0 Å². The van der Waals surface area contributed by atoms with E-state index in [9.17, 15) is 4.39 Å². The molecule has 2 nitrogen and oxygen atoms in total. The highest BCUT2D eigenvalue weighted by Crippen LogP contribution is 2.16. The van der Waals surface area contributed by atoms with Gasteiger partial charge in [-0.3, -0.25) is 0 Å². The van der Waals surface area contributed by atoms with Crippen molar-refractivity contribution < 1.29 is 9.13 Å². The van der Waals surface area contributed by atoms with Crippen molar-refractivity contribution in [3.8, 4) is 0 Å². The van der Waals surface area contributed by atoms with Crippen LogP contribution in [0.1, 0.15) is 13.8 Å². The first-order valence-electron chi connectivity index (χ1n) is 5.99. The fourth-order valence-corrected chi connectivity index (χ4v) is 1.83. The average Bonchev–Trinajstić information content (AvgIpc) is 2.67. The first kappa shape index (κ1) is 12.1. The summed E-state index contributed by atoms with van der Waals surface area (Å²) in [7, 11) is 0. The maximum atomic E-state index is 13.1. The maximum absolute atomic E-state index is 13.1. The second-order valence-electron chi connectivity index (χ2n) is 4.68. The van der Waals surface area contributed by atoms with Crippen molar-refractivity contribution in [2.24, 2.45) is 5.92 Å². The van der Waals surface area contributed by atoms with Gasteiger partial charge in [-0.25, -0.2) is 4.39 Å². The summed E-state index contributed by atoms with van der Waals surface area (Å²) < 4.78 is 20.7. The first-order chi connectivity index (χ1) is 8.16. The highest BCUT2D eigenvalue weighted by atomic mass is 19.1. The van der Waals surface area contributed by atoms with Crippen molar-refractivity contribution in [2.75, 3.05) is 13.2 Å². The van der Waals surface area contributed by atoms with E-state index in [2.05, 4.69) is 13.8 Å². The van der Waals surface area contributed by atoms with E-state index in [0.29, 0.717) is 12.5 Å². The van der Waals surface area contributed by atoms with Gasteiger partial charge >= 0.3 is 0 Å². The van der Waals surface area contributed by atoms with Crippen LogP contribution in [0.25, 0.3) is 10.9 Å². The summed E-state index contributed by atoms with van der Waals surface area (Å²) >= 11 is 0. The summed E-state index contributed by atoms with van der Waals surface area (Å²) in [6.07, 6.45) is 1.98. The lowest BCUT2D eigenvalue weighted by molar-refractivity contribution is 0.104. The van der Waals surface area contributed by atoms with E-state index in [1.165, 1.54) is 6.07 Å². The fraction of sp³-hybridized carbons (Fsp3) is 0.429. The number of rotatable bonds is 5. The van der Waals surface area contributed by atoms with Crippen molar-refractivity contribution in [2.45, 2.75) is 20.4 Å². The molecule has 0 atom stereocenters. The number of hydrogen-bond donors (Lipinski definition) is 0. The second kappa shape index (κ2) is 5.32. The molecule has 0 fully saturated rings. The van der Waals surface area contributed by atoms with Gasteiger partial charge in [0.05, 0.1) is 12.1 Å². The van der Waals surface area contributed by atoms with Crippen LogP contribution in [0.5, 0.6) is 0 Å². The second-order valence-corrected chi connectivity index (χ2v) is 4.68. The topological polar surface area (TPSA) is 14.2 Å².